The zero-order valence-electron chi connectivity index (χ0n) is 9.69. The standard InChI is InChI=1S/C12H18N2OS/c1-9(2)7-14-12(15)8-16-11-5-3-4-10(13)6-11/h3-6,9H,7-8,13H2,1-2H3,(H,14,15). The number of benzene rings is 1. The van der Waals surface area contributed by atoms with Crippen molar-refractivity contribution < 1.29 is 4.79 Å². The van der Waals surface area contributed by atoms with Gasteiger partial charge in [-0.2, -0.15) is 0 Å². The summed E-state index contributed by atoms with van der Waals surface area (Å²) in [6.07, 6.45) is 0. The Labute approximate surface area is 101 Å². The summed E-state index contributed by atoms with van der Waals surface area (Å²) in [7, 11) is 0. The van der Waals surface area contributed by atoms with Gasteiger partial charge < -0.3 is 11.1 Å². The smallest absolute Gasteiger partial charge is 0.230 e. The summed E-state index contributed by atoms with van der Waals surface area (Å²) in [6, 6.07) is 7.56. The number of anilines is 1. The van der Waals surface area contributed by atoms with E-state index in [2.05, 4.69) is 19.2 Å². The van der Waals surface area contributed by atoms with Crippen LogP contribution in [0.3, 0.4) is 0 Å². The molecule has 0 unspecified atom stereocenters. The van der Waals surface area contributed by atoms with Gasteiger partial charge in [-0.05, 0) is 24.1 Å². The Balaban J connectivity index is 2.31. The van der Waals surface area contributed by atoms with E-state index in [1.165, 1.54) is 11.8 Å². The van der Waals surface area contributed by atoms with Crippen LogP contribution < -0.4 is 11.1 Å². The van der Waals surface area contributed by atoms with Crippen molar-refractivity contribution in [2.24, 2.45) is 5.92 Å². The SMILES string of the molecule is CC(C)CNC(=O)CSc1cccc(N)c1. The summed E-state index contributed by atoms with van der Waals surface area (Å²) in [5, 5.41) is 2.88. The van der Waals surface area contributed by atoms with Crippen LogP contribution in [-0.2, 0) is 4.79 Å². The average molecular weight is 238 g/mol. The second kappa shape index (κ2) is 6.43. The van der Waals surface area contributed by atoms with Crippen LogP contribution in [0, 0.1) is 5.92 Å². The van der Waals surface area contributed by atoms with Crippen molar-refractivity contribution in [1.29, 1.82) is 0 Å². The van der Waals surface area contributed by atoms with Gasteiger partial charge in [-0.15, -0.1) is 11.8 Å². The Kier molecular flexibility index (Phi) is 5.19. The molecule has 0 aromatic heterocycles. The van der Waals surface area contributed by atoms with Gasteiger partial charge in [0.15, 0.2) is 0 Å². The highest BCUT2D eigenvalue weighted by Crippen LogP contribution is 2.19. The molecule has 3 N–H and O–H groups in total. The van der Waals surface area contributed by atoms with Crippen LogP contribution in [-0.4, -0.2) is 18.2 Å². The average Bonchev–Trinajstić information content (AvgIpc) is 2.23. The molecule has 0 aliphatic carbocycles. The number of nitrogens with one attached hydrogen (secondary N) is 1. The molecule has 1 rings (SSSR count). The molecule has 1 aromatic rings. The third kappa shape index (κ3) is 5.07. The Bertz CT molecular complexity index is 353. The van der Waals surface area contributed by atoms with Crippen molar-refractivity contribution in [2.45, 2.75) is 18.7 Å². The van der Waals surface area contributed by atoms with Crippen LogP contribution in [0.5, 0.6) is 0 Å². The van der Waals surface area contributed by atoms with E-state index < -0.39 is 0 Å². The molecule has 0 saturated carbocycles. The fourth-order valence-electron chi connectivity index (χ4n) is 1.12. The lowest BCUT2D eigenvalue weighted by molar-refractivity contribution is -0.118. The molecular weight excluding hydrogens is 220 g/mol. The molecule has 0 saturated heterocycles. The van der Waals surface area contributed by atoms with Crippen LogP contribution in [0.2, 0.25) is 0 Å². The fraction of sp³-hybridized carbons (Fsp3) is 0.417. The van der Waals surface area contributed by atoms with Crippen molar-refractivity contribution in [3.63, 3.8) is 0 Å². The molecule has 0 radical (unpaired) electrons. The third-order valence-corrected chi connectivity index (χ3v) is 2.93. The first-order chi connectivity index (χ1) is 7.58. The Hall–Kier alpha value is -1.16. The number of hydrogen-bond acceptors (Lipinski definition) is 3. The van der Waals surface area contributed by atoms with Crippen molar-refractivity contribution in [1.82, 2.24) is 5.32 Å². The summed E-state index contributed by atoms with van der Waals surface area (Å²) in [5.41, 5.74) is 6.38. The highest BCUT2D eigenvalue weighted by atomic mass is 32.2. The van der Waals surface area contributed by atoms with Crippen molar-refractivity contribution in [2.75, 3.05) is 18.0 Å². The van der Waals surface area contributed by atoms with E-state index in [1.54, 1.807) is 0 Å². The van der Waals surface area contributed by atoms with Crippen molar-refractivity contribution >= 4 is 23.4 Å². The quantitative estimate of drug-likeness (QED) is 0.610. The molecule has 88 valence electrons. The monoisotopic (exact) mass is 238 g/mol. The molecule has 0 aliphatic heterocycles. The number of hydrogen-bond donors (Lipinski definition) is 2. The minimum atomic E-state index is 0.0705. The van der Waals surface area contributed by atoms with Crippen LogP contribution in [0.15, 0.2) is 29.2 Å². The molecule has 4 heteroatoms. The minimum Gasteiger partial charge on any atom is -0.399 e. The normalized spacial score (nSPS) is 10.4. The number of nitrogens with two attached hydrogens (primary N) is 1. The third-order valence-electron chi connectivity index (χ3n) is 1.94. The number of carbonyl (C=O) groups is 1. The lowest BCUT2D eigenvalue weighted by Gasteiger charge is -2.07. The number of amides is 1. The molecule has 3 nitrogen and oxygen atoms in total. The molecule has 0 spiro atoms. The summed E-state index contributed by atoms with van der Waals surface area (Å²) >= 11 is 1.50. The number of rotatable bonds is 5. The molecule has 0 aliphatic rings. The summed E-state index contributed by atoms with van der Waals surface area (Å²) in [4.78, 5) is 12.5. The van der Waals surface area contributed by atoms with Gasteiger partial charge in [0.25, 0.3) is 0 Å². The molecule has 1 aromatic carbocycles. The van der Waals surface area contributed by atoms with E-state index >= 15 is 0 Å². The summed E-state index contributed by atoms with van der Waals surface area (Å²) < 4.78 is 0. The van der Waals surface area contributed by atoms with E-state index in [0.717, 1.165) is 17.1 Å². The Morgan fingerprint density at radius 2 is 2.25 bits per heavy atom. The maximum atomic E-state index is 11.4. The first-order valence-electron chi connectivity index (χ1n) is 5.33. The van der Waals surface area contributed by atoms with Gasteiger partial charge in [0.1, 0.15) is 0 Å². The number of carbonyl (C=O) groups excluding carboxylic acids is 1. The highest BCUT2D eigenvalue weighted by molar-refractivity contribution is 8.00. The number of nitrogen functional groups attached to an aromatic ring is 1. The first-order valence-corrected chi connectivity index (χ1v) is 6.31. The van der Waals surface area contributed by atoms with Crippen molar-refractivity contribution in [3.05, 3.63) is 24.3 Å². The highest BCUT2D eigenvalue weighted by Gasteiger charge is 2.03. The first kappa shape index (κ1) is 12.9. The Morgan fingerprint density at radius 1 is 1.50 bits per heavy atom. The summed E-state index contributed by atoms with van der Waals surface area (Å²) in [6.45, 7) is 4.88. The zero-order chi connectivity index (χ0) is 12.0. The van der Waals surface area contributed by atoms with E-state index in [4.69, 9.17) is 5.73 Å². The van der Waals surface area contributed by atoms with Gasteiger partial charge in [0, 0.05) is 17.1 Å². The fourth-order valence-corrected chi connectivity index (χ4v) is 1.92. The molecule has 16 heavy (non-hydrogen) atoms. The Morgan fingerprint density at radius 3 is 2.88 bits per heavy atom. The predicted octanol–water partition coefficient (Wildman–Crippen LogP) is 2.13. The molecule has 0 fully saturated rings. The molecule has 0 bridgehead atoms. The largest absolute Gasteiger partial charge is 0.399 e. The maximum Gasteiger partial charge on any atom is 0.230 e. The number of thioether (sulfide) groups is 1. The second-order valence-electron chi connectivity index (χ2n) is 4.06. The zero-order valence-corrected chi connectivity index (χ0v) is 10.5. The lowest BCUT2D eigenvalue weighted by Crippen LogP contribution is -2.28. The molecular formula is C12H18N2OS. The predicted molar refractivity (Wildman–Crippen MR) is 69.4 cm³/mol. The van der Waals surface area contributed by atoms with Gasteiger partial charge >= 0.3 is 0 Å². The molecule has 0 heterocycles. The van der Waals surface area contributed by atoms with Gasteiger partial charge in [-0.25, -0.2) is 0 Å². The van der Waals surface area contributed by atoms with E-state index in [-0.39, 0.29) is 5.91 Å². The van der Waals surface area contributed by atoms with Gasteiger partial charge in [-0.3, -0.25) is 4.79 Å². The van der Waals surface area contributed by atoms with Crippen LogP contribution >= 0.6 is 11.8 Å². The second-order valence-corrected chi connectivity index (χ2v) is 5.11. The van der Waals surface area contributed by atoms with Gasteiger partial charge in [0.05, 0.1) is 5.75 Å². The van der Waals surface area contributed by atoms with E-state index in [0.29, 0.717) is 11.7 Å². The van der Waals surface area contributed by atoms with E-state index in [9.17, 15) is 4.79 Å². The van der Waals surface area contributed by atoms with Crippen LogP contribution in [0.25, 0.3) is 0 Å². The van der Waals surface area contributed by atoms with Crippen LogP contribution in [0.1, 0.15) is 13.8 Å². The van der Waals surface area contributed by atoms with Crippen LogP contribution in [0.4, 0.5) is 5.69 Å². The lowest BCUT2D eigenvalue weighted by atomic mass is 10.2. The molecule has 0 atom stereocenters. The van der Waals surface area contributed by atoms with Gasteiger partial charge in [-0.1, -0.05) is 19.9 Å². The summed E-state index contributed by atoms with van der Waals surface area (Å²) in [5.74, 6) is 0.998. The van der Waals surface area contributed by atoms with Gasteiger partial charge in [0.2, 0.25) is 5.91 Å². The maximum absolute atomic E-state index is 11.4. The minimum absolute atomic E-state index is 0.0705. The topological polar surface area (TPSA) is 55.1 Å². The molecule has 1 amide bonds. The van der Waals surface area contributed by atoms with Crippen molar-refractivity contribution in [3.8, 4) is 0 Å². The van der Waals surface area contributed by atoms with E-state index in [1.807, 2.05) is 24.3 Å².